The van der Waals surface area contributed by atoms with Crippen molar-refractivity contribution in [3.05, 3.63) is 77.5 Å². The molecule has 4 aromatic rings. The van der Waals surface area contributed by atoms with E-state index in [1.54, 1.807) is 11.8 Å². The van der Waals surface area contributed by atoms with Crippen molar-refractivity contribution in [1.82, 2.24) is 34.2 Å². The fourth-order valence-corrected chi connectivity index (χ4v) is 8.41. The summed E-state index contributed by atoms with van der Waals surface area (Å²) in [6.45, 7) is 8.20. The number of fused-ring (bicyclic) bond motifs is 1. The molecule has 1 aromatic carbocycles. The molecule has 0 spiro atoms. The van der Waals surface area contributed by atoms with Gasteiger partial charge in [0.25, 0.3) is 0 Å². The Bertz CT molecular complexity index is 1620. The number of hydrogen-bond donors (Lipinski definition) is 0. The van der Waals surface area contributed by atoms with Crippen LogP contribution in [0.3, 0.4) is 0 Å². The molecule has 2 aliphatic heterocycles. The summed E-state index contributed by atoms with van der Waals surface area (Å²) in [5.41, 5.74) is 4.63. The number of pyridine rings is 1. The number of likely N-dealkylation sites (tertiary alicyclic amines) is 1. The lowest BCUT2D eigenvalue weighted by molar-refractivity contribution is 0.000617. The lowest BCUT2D eigenvalue weighted by atomic mass is 9.64. The fraction of sp³-hybridized carbons (Fsp3) is 0.556. The average molecular weight is 639 g/mol. The summed E-state index contributed by atoms with van der Waals surface area (Å²) in [5, 5.41) is 19.3. The second kappa shape index (κ2) is 14.3. The van der Waals surface area contributed by atoms with E-state index >= 15 is 0 Å². The van der Waals surface area contributed by atoms with E-state index in [0.29, 0.717) is 24.8 Å². The van der Waals surface area contributed by atoms with Gasteiger partial charge in [0.05, 0.1) is 32.0 Å². The van der Waals surface area contributed by atoms with Crippen LogP contribution in [-0.4, -0.2) is 92.4 Å². The topological polar surface area (TPSA) is 87.5 Å². The molecule has 9 nitrogen and oxygen atoms in total. The SMILES string of the molecule is CSc1ccc(C2(CC#N)CCC(c3cccn4nc(Cc5cnn(CCN6CCC(N7CCOCC7)CC6)c5)nc34)CC2)cc1. The maximum atomic E-state index is 9.75. The maximum absolute atomic E-state index is 9.75. The Hall–Kier alpha value is -3.23. The summed E-state index contributed by atoms with van der Waals surface area (Å²) in [6, 6.07) is 16.4. The number of nitriles is 1. The largest absolute Gasteiger partial charge is 0.379 e. The Balaban J connectivity index is 0.952. The standard InChI is InChI=1S/C36H46N8OS/c1-46-32-6-4-30(5-7-32)36(14-15-37)12-8-29(9-13-36)33-3-2-16-44-35(33)39-34(40-44)25-28-26-38-43(27-28)20-19-41-17-10-31(11-18-41)42-21-23-45-24-22-42/h2-7,16,26-27,29,31H,8-14,17-25H2,1H3. The number of nitrogens with zero attached hydrogens (tertiary/aromatic N) is 8. The van der Waals surface area contributed by atoms with Gasteiger partial charge in [-0.15, -0.1) is 11.8 Å². The van der Waals surface area contributed by atoms with Gasteiger partial charge in [-0.2, -0.15) is 15.5 Å². The second-order valence-electron chi connectivity index (χ2n) is 13.4. The average Bonchev–Trinajstić information content (AvgIpc) is 3.75. The van der Waals surface area contributed by atoms with E-state index in [0.717, 1.165) is 95.2 Å². The number of aromatic nitrogens is 5. The number of ether oxygens (including phenoxy) is 1. The minimum absolute atomic E-state index is 0.0639. The highest BCUT2D eigenvalue weighted by Crippen LogP contribution is 2.47. The summed E-state index contributed by atoms with van der Waals surface area (Å²) in [7, 11) is 0. The zero-order valence-electron chi connectivity index (χ0n) is 27.1. The van der Waals surface area contributed by atoms with Crippen LogP contribution in [0.25, 0.3) is 5.65 Å². The molecule has 0 unspecified atom stereocenters. The van der Waals surface area contributed by atoms with E-state index in [-0.39, 0.29) is 5.41 Å². The molecule has 5 heterocycles. The number of rotatable bonds is 10. The summed E-state index contributed by atoms with van der Waals surface area (Å²) >= 11 is 1.76. The van der Waals surface area contributed by atoms with E-state index in [4.69, 9.17) is 14.8 Å². The third-order valence-corrected chi connectivity index (χ3v) is 11.5. The first-order chi connectivity index (χ1) is 22.6. The van der Waals surface area contributed by atoms with Gasteiger partial charge in [-0.3, -0.25) is 9.58 Å². The molecule has 46 heavy (non-hydrogen) atoms. The van der Waals surface area contributed by atoms with Gasteiger partial charge in [0.1, 0.15) is 0 Å². The van der Waals surface area contributed by atoms with Crippen molar-refractivity contribution < 1.29 is 4.74 Å². The summed E-state index contributed by atoms with van der Waals surface area (Å²) < 4.78 is 9.57. The van der Waals surface area contributed by atoms with Crippen molar-refractivity contribution in [3.63, 3.8) is 0 Å². The van der Waals surface area contributed by atoms with Gasteiger partial charge >= 0.3 is 0 Å². The van der Waals surface area contributed by atoms with Gasteiger partial charge in [0, 0.05) is 66.8 Å². The maximum Gasteiger partial charge on any atom is 0.159 e. The van der Waals surface area contributed by atoms with Gasteiger partial charge in [-0.1, -0.05) is 18.2 Å². The highest BCUT2D eigenvalue weighted by atomic mass is 32.2. The zero-order chi connectivity index (χ0) is 31.3. The van der Waals surface area contributed by atoms with Gasteiger partial charge in [-0.05, 0) is 93.1 Å². The third kappa shape index (κ3) is 6.89. The van der Waals surface area contributed by atoms with Gasteiger partial charge in [-0.25, -0.2) is 9.50 Å². The van der Waals surface area contributed by atoms with E-state index in [9.17, 15) is 5.26 Å². The normalized spacial score (nSPS) is 23.5. The van der Waals surface area contributed by atoms with Crippen molar-refractivity contribution in [2.45, 2.75) is 80.2 Å². The quantitative estimate of drug-likeness (QED) is 0.209. The molecule has 3 fully saturated rings. The van der Waals surface area contributed by atoms with Crippen molar-refractivity contribution in [2.75, 3.05) is 52.2 Å². The molecule has 1 aliphatic carbocycles. The smallest absolute Gasteiger partial charge is 0.159 e. The highest BCUT2D eigenvalue weighted by molar-refractivity contribution is 7.98. The Morgan fingerprint density at radius 3 is 2.52 bits per heavy atom. The Labute approximate surface area is 276 Å². The van der Waals surface area contributed by atoms with Gasteiger partial charge in [0.2, 0.25) is 0 Å². The molecule has 0 amide bonds. The molecule has 3 aromatic heterocycles. The molecule has 2 saturated heterocycles. The molecule has 0 radical (unpaired) electrons. The van der Waals surface area contributed by atoms with Crippen molar-refractivity contribution in [2.24, 2.45) is 0 Å². The van der Waals surface area contributed by atoms with Gasteiger partial charge < -0.3 is 9.64 Å². The monoisotopic (exact) mass is 638 g/mol. The highest BCUT2D eigenvalue weighted by Gasteiger charge is 2.38. The van der Waals surface area contributed by atoms with E-state index in [1.807, 2.05) is 16.9 Å². The number of morpholine rings is 1. The number of benzene rings is 1. The summed E-state index contributed by atoms with van der Waals surface area (Å²) in [4.78, 5) is 11.5. The fourth-order valence-electron chi connectivity index (χ4n) is 8.01. The van der Waals surface area contributed by atoms with Crippen LogP contribution in [0.1, 0.15) is 73.4 Å². The molecule has 7 rings (SSSR count). The van der Waals surface area contributed by atoms with Crippen LogP contribution >= 0.6 is 11.8 Å². The Morgan fingerprint density at radius 2 is 1.78 bits per heavy atom. The first-order valence-electron chi connectivity index (χ1n) is 17.0. The van der Waals surface area contributed by atoms with Crippen LogP contribution in [0, 0.1) is 11.3 Å². The number of piperidine rings is 1. The molecular formula is C36H46N8OS. The van der Waals surface area contributed by atoms with Crippen LogP contribution in [0.15, 0.2) is 59.9 Å². The molecule has 3 aliphatic rings. The third-order valence-electron chi connectivity index (χ3n) is 10.8. The molecule has 0 N–H and O–H groups in total. The van der Waals surface area contributed by atoms with Crippen LogP contribution in [-0.2, 0) is 23.1 Å². The van der Waals surface area contributed by atoms with Crippen LogP contribution < -0.4 is 0 Å². The molecule has 1 saturated carbocycles. The lowest BCUT2D eigenvalue weighted by Crippen LogP contribution is -2.49. The summed E-state index contributed by atoms with van der Waals surface area (Å²) in [5.74, 6) is 1.25. The second-order valence-corrected chi connectivity index (χ2v) is 14.3. The minimum atomic E-state index is -0.0639. The first-order valence-corrected chi connectivity index (χ1v) is 18.3. The van der Waals surface area contributed by atoms with Crippen LogP contribution in [0.2, 0.25) is 0 Å². The van der Waals surface area contributed by atoms with Gasteiger partial charge in [0.15, 0.2) is 11.5 Å². The van der Waals surface area contributed by atoms with E-state index < -0.39 is 0 Å². The zero-order valence-corrected chi connectivity index (χ0v) is 27.9. The molecule has 10 heteroatoms. The van der Waals surface area contributed by atoms with Crippen molar-refractivity contribution in [3.8, 4) is 6.07 Å². The molecule has 0 atom stereocenters. The molecule has 242 valence electrons. The summed E-state index contributed by atoms with van der Waals surface area (Å²) in [6.07, 6.45) is 16.1. The Morgan fingerprint density at radius 1 is 1.00 bits per heavy atom. The first kappa shape index (κ1) is 31.4. The van der Waals surface area contributed by atoms with Crippen molar-refractivity contribution >= 4 is 17.4 Å². The lowest BCUT2D eigenvalue weighted by Gasteiger charge is -2.40. The molecule has 0 bridgehead atoms. The predicted molar refractivity (Wildman–Crippen MR) is 181 cm³/mol. The number of hydrogen-bond acceptors (Lipinski definition) is 8. The number of thioether (sulfide) groups is 1. The van der Waals surface area contributed by atoms with E-state index in [1.165, 1.54) is 28.9 Å². The van der Waals surface area contributed by atoms with Crippen LogP contribution in [0.4, 0.5) is 0 Å². The predicted octanol–water partition coefficient (Wildman–Crippen LogP) is 5.54. The molecular weight excluding hydrogens is 593 g/mol. The minimum Gasteiger partial charge on any atom is -0.379 e. The van der Waals surface area contributed by atoms with Crippen LogP contribution in [0.5, 0.6) is 0 Å². The van der Waals surface area contributed by atoms with E-state index in [2.05, 4.69) is 74.5 Å². The Kier molecular flexibility index (Phi) is 9.73. The van der Waals surface area contributed by atoms with Crippen molar-refractivity contribution in [1.29, 1.82) is 5.26 Å².